The van der Waals surface area contributed by atoms with Crippen LogP contribution in [-0.2, 0) is 4.74 Å². The second kappa shape index (κ2) is 7.84. The minimum absolute atomic E-state index is 0.167. The van der Waals surface area contributed by atoms with Crippen molar-refractivity contribution in [1.29, 1.82) is 0 Å². The van der Waals surface area contributed by atoms with E-state index in [1.165, 1.54) is 17.6 Å². The van der Waals surface area contributed by atoms with Crippen LogP contribution in [0.3, 0.4) is 0 Å². The quantitative estimate of drug-likeness (QED) is 0.464. The molecular formula is C21H18O2S. The van der Waals surface area contributed by atoms with Crippen molar-refractivity contribution >= 4 is 17.7 Å². The Morgan fingerprint density at radius 3 is 1.92 bits per heavy atom. The molecule has 0 saturated carbocycles. The summed E-state index contributed by atoms with van der Waals surface area (Å²) in [5, 5.41) is 0.167. The van der Waals surface area contributed by atoms with Crippen molar-refractivity contribution in [2.75, 3.05) is 7.11 Å². The highest BCUT2D eigenvalue weighted by molar-refractivity contribution is 7.99. The number of carbonyl (C=O) groups excluding carboxylic acids is 1. The molecule has 0 heterocycles. The maximum absolute atomic E-state index is 11.6. The zero-order valence-corrected chi connectivity index (χ0v) is 14.2. The predicted molar refractivity (Wildman–Crippen MR) is 98.4 cm³/mol. The molecule has 3 aromatic rings. The summed E-state index contributed by atoms with van der Waals surface area (Å²) in [6, 6.07) is 28.4. The first-order valence-corrected chi connectivity index (χ1v) is 8.61. The Balaban J connectivity index is 1.94. The van der Waals surface area contributed by atoms with Gasteiger partial charge in [0.05, 0.1) is 17.9 Å². The number of hydrogen-bond acceptors (Lipinski definition) is 3. The molecule has 0 saturated heterocycles. The van der Waals surface area contributed by atoms with Crippen molar-refractivity contribution in [3.8, 4) is 0 Å². The Morgan fingerprint density at radius 1 is 0.792 bits per heavy atom. The minimum atomic E-state index is -0.312. The van der Waals surface area contributed by atoms with Gasteiger partial charge in [-0.25, -0.2) is 4.79 Å². The van der Waals surface area contributed by atoms with E-state index in [0.29, 0.717) is 5.56 Å². The second-order valence-corrected chi connectivity index (χ2v) is 6.51. The molecule has 0 aliphatic carbocycles. The molecule has 1 atom stereocenters. The van der Waals surface area contributed by atoms with Crippen LogP contribution in [0.5, 0.6) is 0 Å². The average molecular weight is 334 g/mol. The molecule has 1 unspecified atom stereocenters. The number of thioether (sulfide) groups is 1. The third-order valence-electron chi connectivity index (χ3n) is 3.73. The number of rotatable bonds is 5. The Bertz CT molecular complexity index is 783. The van der Waals surface area contributed by atoms with Gasteiger partial charge in [-0.15, -0.1) is 11.8 Å². The van der Waals surface area contributed by atoms with Crippen LogP contribution in [0.1, 0.15) is 26.7 Å². The molecule has 0 spiro atoms. The van der Waals surface area contributed by atoms with E-state index in [1.807, 2.05) is 48.5 Å². The van der Waals surface area contributed by atoms with Gasteiger partial charge in [0.1, 0.15) is 0 Å². The topological polar surface area (TPSA) is 26.3 Å². The third-order valence-corrected chi connectivity index (χ3v) is 5.06. The van der Waals surface area contributed by atoms with Crippen molar-refractivity contribution in [2.24, 2.45) is 0 Å². The maximum atomic E-state index is 11.6. The lowest BCUT2D eigenvalue weighted by Crippen LogP contribution is -2.02. The van der Waals surface area contributed by atoms with Crippen LogP contribution in [0.4, 0.5) is 0 Å². The van der Waals surface area contributed by atoms with Gasteiger partial charge < -0.3 is 4.74 Å². The summed E-state index contributed by atoms with van der Waals surface area (Å²) in [7, 11) is 1.40. The lowest BCUT2D eigenvalue weighted by atomic mass is 10.0. The summed E-state index contributed by atoms with van der Waals surface area (Å²) in [5.41, 5.74) is 2.96. The number of ether oxygens (including phenoxy) is 1. The highest BCUT2D eigenvalue weighted by atomic mass is 32.2. The molecule has 3 aromatic carbocycles. The fourth-order valence-electron chi connectivity index (χ4n) is 2.50. The van der Waals surface area contributed by atoms with Gasteiger partial charge in [-0.2, -0.15) is 0 Å². The van der Waals surface area contributed by atoms with Crippen molar-refractivity contribution in [3.63, 3.8) is 0 Å². The zero-order chi connectivity index (χ0) is 16.8. The van der Waals surface area contributed by atoms with E-state index in [2.05, 4.69) is 36.4 Å². The fraction of sp³-hybridized carbons (Fsp3) is 0.0952. The molecule has 0 aliphatic rings. The number of hydrogen-bond donors (Lipinski definition) is 0. The normalized spacial score (nSPS) is 11.7. The van der Waals surface area contributed by atoms with Crippen LogP contribution in [0.25, 0.3) is 0 Å². The highest BCUT2D eigenvalue weighted by Crippen LogP contribution is 2.40. The van der Waals surface area contributed by atoms with Gasteiger partial charge in [-0.1, -0.05) is 60.7 Å². The largest absolute Gasteiger partial charge is 0.465 e. The highest BCUT2D eigenvalue weighted by Gasteiger charge is 2.16. The number of methoxy groups -OCH3 is 1. The van der Waals surface area contributed by atoms with Gasteiger partial charge in [0.25, 0.3) is 0 Å². The van der Waals surface area contributed by atoms with E-state index < -0.39 is 0 Å². The summed E-state index contributed by atoms with van der Waals surface area (Å²) in [5.74, 6) is -0.312. The second-order valence-electron chi connectivity index (χ2n) is 5.34. The van der Waals surface area contributed by atoms with Gasteiger partial charge in [0.15, 0.2) is 0 Å². The standard InChI is InChI=1S/C21H18O2S/c1-23-21(22)18-14-12-17(13-15-18)20(16-8-4-2-5-9-16)24-19-10-6-3-7-11-19/h2-15,20H,1H3. The van der Waals surface area contributed by atoms with Crippen molar-refractivity contribution < 1.29 is 9.53 Å². The Morgan fingerprint density at radius 2 is 1.33 bits per heavy atom. The molecule has 0 bridgehead atoms. The first-order chi connectivity index (χ1) is 11.8. The number of carbonyl (C=O) groups is 1. The SMILES string of the molecule is COC(=O)c1ccc(C(Sc2ccccc2)c2ccccc2)cc1. The van der Waals surface area contributed by atoms with E-state index in [1.54, 1.807) is 11.8 Å². The smallest absolute Gasteiger partial charge is 0.337 e. The van der Waals surface area contributed by atoms with Crippen molar-refractivity contribution in [2.45, 2.75) is 10.1 Å². The molecule has 24 heavy (non-hydrogen) atoms. The van der Waals surface area contributed by atoms with Crippen molar-refractivity contribution in [1.82, 2.24) is 0 Å². The maximum Gasteiger partial charge on any atom is 0.337 e. The van der Waals surface area contributed by atoms with Gasteiger partial charge in [0.2, 0.25) is 0 Å². The zero-order valence-electron chi connectivity index (χ0n) is 13.4. The molecule has 0 amide bonds. The first-order valence-electron chi connectivity index (χ1n) is 7.73. The van der Waals surface area contributed by atoms with Crippen LogP contribution in [-0.4, -0.2) is 13.1 Å². The molecule has 0 aromatic heterocycles. The molecule has 0 aliphatic heterocycles. The molecule has 120 valence electrons. The lowest BCUT2D eigenvalue weighted by molar-refractivity contribution is 0.0600. The summed E-state index contributed by atoms with van der Waals surface area (Å²) in [6.07, 6.45) is 0. The van der Waals surface area contributed by atoms with E-state index in [0.717, 1.165) is 5.56 Å². The Labute approximate surface area is 146 Å². The molecule has 3 heteroatoms. The molecular weight excluding hydrogens is 316 g/mol. The van der Waals surface area contributed by atoms with Crippen LogP contribution < -0.4 is 0 Å². The van der Waals surface area contributed by atoms with Gasteiger partial charge in [0, 0.05) is 4.90 Å². The lowest BCUT2D eigenvalue weighted by Gasteiger charge is -2.18. The van der Waals surface area contributed by atoms with Gasteiger partial charge in [-0.3, -0.25) is 0 Å². The van der Waals surface area contributed by atoms with Gasteiger partial charge >= 0.3 is 5.97 Å². The average Bonchev–Trinajstić information content (AvgIpc) is 2.67. The number of benzene rings is 3. The van der Waals surface area contributed by atoms with Gasteiger partial charge in [-0.05, 0) is 35.4 Å². The van der Waals surface area contributed by atoms with E-state index in [9.17, 15) is 4.79 Å². The van der Waals surface area contributed by atoms with Crippen molar-refractivity contribution in [3.05, 3.63) is 102 Å². The number of esters is 1. The molecule has 0 radical (unpaired) electrons. The van der Waals surface area contributed by atoms with E-state index in [-0.39, 0.29) is 11.2 Å². The third kappa shape index (κ3) is 3.87. The fourth-order valence-corrected chi connectivity index (χ4v) is 3.68. The first kappa shape index (κ1) is 16.3. The molecule has 0 fully saturated rings. The van der Waals surface area contributed by atoms with Crippen LogP contribution >= 0.6 is 11.8 Å². The predicted octanol–water partition coefficient (Wildman–Crippen LogP) is 5.35. The van der Waals surface area contributed by atoms with Crippen LogP contribution in [0.15, 0.2) is 89.8 Å². The summed E-state index contributed by atoms with van der Waals surface area (Å²) in [4.78, 5) is 12.8. The molecule has 2 nitrogen and oxygen atoms in total. The monoisotopic (exact) mass is 334 g/mol. The summed E-state index contributed by atoms with van der Waals surface area (Å²) < 4.78 is 4.77. The minimum Gasteiger partial charge on any atom is -0.465 e. The molecule has 0 N–H and O–H groups in total. The van der Waals surface area contributed by atoms with E-state index in [4.69, 9.17) is 4.74 Å². The Hall–Kier alpha value is -2.52. The molecule has 3 rings (SSSR count). The summed E-state index contributed by atoms with van der Waals surface area (Å²) >= 11 is 1.80. The van der Waals surface area contributed by atoms with E-state index >= 15 is 0 Å². The summed E-state index contributed by atoms with van der Waals surface area (Å²) in [6.45, 7) is 0. The van der Waals surface area contributed by atoms with Crippen LogP contribution in [0, 0.1) is 0 Å². The van der Waals surface area contributed by atoms with Crippen LogP contribution in [0.2, 0.25) is 0 Å². The Kier molecular flexibility index (Phi) is 5.34.